The fourth-order valence-corrected chi connectivity index (χ4v) is 2.30. The van der Waals surface area contributed by atoms with Crippen LogP contribution < -0.4 is 0 Å². The van der Waals surface area contributed by atoms with Gasteiger partial charge in [0, 0.05) is 12.2 Å². The second kappa shape index (κ2) is 8.99. The molecule has 1 fully saturated rings. The van der Waals surface area contributed by atoms with Crippen LogP contribution in [0.3, 0.4) is 0 Å². The van der Waals surface area contributed by atoms with Gasteiger partial charge in [0.1, 0.15) is 13.2 Å². The average Bonchev–Trinajstić information content (AvgIpc) is 2.64. The molecule has 24 heavy (non-hydrogen) atoms. The van der Waals surface area contributed by atoms with Crippen molar-refractivity contribution in [1.82, 2.24) is 0 Å². The van der Waals surface area contributed by atoms with Gasteiger partial charge >= 0.3 is 11.9 Å². The molecule has 0 aromatic rings. The first kappa shape index (κ1) is 20.4. The first-order valence-corrected chi connectivity index (χ1v) is 8.16. The number of hydrogen-bond acceptors (Lipinski definition) is 6. The van der Waals surface area contributed by atoms with E-state index >= 15 is 0 Å². The Kier molecular flexibility index (Phi) is 7.63. The Bertz CT molecular complexity index is 464. The number of esters is 2. The van der Waals surface area contributed by atoms with Crippen molar-refractivity contribution >= 4 is 11.9 Å². The highest BCUT2D eigenvalue weighted by molar-refractivity contribution is 5.81. The van der Waals surface area contributed by atoms with Gasteiger partial charge in [0.15, 0.2) is 6.29 Å². The van der Waals surface area contributed by atoms with Crippen LogP contribution in [0.1, 0.15) is 33.6 Å². The molecule has 1 rings (SSSR count). The van der Waals surface area contributed by atoms with E-state index in [9.17, 15) is 9.59 Å². The zero-order valence-corrected chi connectivity index (χ0v) is 14.8. The number of rotatable bonds is 9. The normalized spacial score (nSPS) is 26.0. The Morgan fingerprint density at radius 2 is 1.71 bits per heavy atom. The third-order valence-electron chi connectivity index (χ3n) is 4.61. The molecule has 0 amide bonds. The topological polar surface area (TPSA) is 71.1 Å². The maximum Gasteiger partial charge on any atom is 0.330 e. The molecule has 1 saturated heterocycles. The van der Waals surface area contributed by atoms with E-state index in [4.69, 9.17) is 18.9 Å². The summed E-state index contributed by atoms with van der Waals surface area (Å²) in [6.07, 6.45) is 3.24. The first-order chi connectivity index (χ1) is 11.3. The van der Waals surface area contributed by atoms with Gasteiger partial charge < -0.3 is 18.9 Å². The van der Waals surface area contributed by atoms with Crippen molar-refractivity contribution in [3.8, 4) is 0 Å². The van der Waals surface area contributed by atoms with Crippen molar-refractivity contribution in [1.29, 1.82) is 0 Å². The molecule has 0 aromatic carbocycles. The average molecular weight is 340 g/mol. The molecule has 1 unspecified atom stereocenters. The molecule has 1 atom stereocenters. The molecule has 1 heterocycles. The van der Waals surface area contributed by atoms with Gasteiger partial charge in [-0.1, -0.05) is 33.9 Å². The minimum absolute atomic E-state index is 0.184. The third-order valence-corrected chi connectivity index (χ3v) is 4.61. The molecule has 0 bridgehead atoms. The van der Waals surface area contributed by atoms with E-state index in [-0.39, 0.29) is 18.6 Å². The maximum atomic E-state index is 11.3. The molecule has 1 aliphatic heterocycles. The van der Waals surface area contributed by atoms with E-state index in [1.54, 1.807) is 0 Å². The van der Waals surface area contributed by atoms with Crippen LogP contribution in [0.15, 0.2) is 25.3 Å². The molecule has 136 valence electrons. The molecule has 0 aliphatic carbocycles. The molecule has 0 N–H and O–H groups in total. The quantitative estimate of drug-likeness (QED) is 0.475. The van der Waals surface area contributed by atoms with Crippen molar-refractivity contribution in [2.75, 3.05) is 26.4 Å². The minimum Gasteiger partial charge on any atom is -0.462 e. The van der Waals surface area contributed by atoms with Crippen LogP contribution in [0.5, 0.6) is 0 Å². The molecule has 0 saturated carbocycles. The fourth-order valence-electron chi connectivity index (χ4n) is 2.30. The van der Waals surface area contributed by atoms with E-state index in [0.717, 1.165) is 18.6 Å². The molecular formula is C18H28O6. The molecule has 1 aliphatic rings. The molecule has 0 aromatic heterocycles. The zero-order valence-electron chi connectivity index (χ0n) is 14.8. The summed E-state index contributed by atoms with van der Waals surface area (Å²) in [7, 11) is 0. The third kappa shape index (κ3) is 5.18. The summed E-state index contributed by atoms with van der Waals surface area (Å²) >= 11 is 0. The Labute approximate surface area is 143 Å². The lowest BCUT2D eigenvalue weighted by molar-refractivity contribution is -0.284. The van der Waals surface area contributed by atoms with Gasteiger partial charge in [0.05, 0.1) is 24.0 Å². The second-order valence-corrected chi connectivity index (χ2v) is 6.44. The van der Waals surface area contributed by atoms with Crippen molar-refractivity contribution in [3.05, 3.63) is 25.3 Å². The SMILES string of the molecule is C=CC(=O)OCC1(CC)COC(C(C)(CC)COC(=O)C=C)OC1. The number of ether oxygens (including phenoxy) is 4. The van der Waals surface area contributed by atoms with Gasteiger partial charge in [-0.15, -0.1) is 0 Å². The van der Waals surface area contributed by atoms with Crippen LogP contribution in [-0.2, 0) is 28.5 Å². The summed E-state index contributed by atoms with van der Waals surface area (Å²) in [6, 6.07) is 0. The summed E-state index contributed by atoms with van der Waals surface area (Å²) in [5.41, 5.74) is -0.835. The van der Waals surface area contributed by atoms with Gasteiger partial charge in [0.25, 0.3) is 0 Å². The first-order valence-electron chi connectivity index (χ1n) is 8.16. The molecule has 0 radical (unpaired) electrons. The van der Waals surface area contributed by atoms with Crippen LogP contribution >= 0.6 is 0 Å². The maximum absolute atomic E-state index is 11.3. The van der Waals surface area contributed by atoms with Crippen molar-refractivity contribution in [2.45, 2.75) is 39.9 Å². The Morgan fingerprint density at radius 3 is 2.17 bits per heavy atom. The summed E-state index contributed by atoms with van der Waals surface area (Å²) in [5, 5.41) is 0. The van der Waals surface area contributed by atoms with Crippen LogP contribution in [0.2, 0.25) is 0 Å². The number of hydrogen-bond donors (Lipinski definition) is 0. The van der Waals surface area contributed by atoms with Crippen LogP contribution in [0, 0.1) is 10.8 Å². The van der Waals surface area contributed by atoms with Crippen LogP contribution in [0.25, 0.3) is 0 Å². The van der Waals surface area contributed by atoms with Gasteiger partial charge in [0.2, 0.25) is 0 Å². The summed E-state index contributed by atoms with van der Waals surface area (Å²) in [6.45, 7) is 13.9. The van der Waals surface area contributed by atoms with E-state index < -0.39 is 23.6 Å². The number of carbonyl (C=O) groups excluding carboxylic acids is 2. The fraction of sp³-hybridized carbons (Fsp3) is 0.667. The highest BCUT2D eigenvalue weighted by Gasteiger charge is 2.44. The van der Waals surface area contributed by atoms with E-state index in [1.807, 2.05) is 20.8 Å². The molecular weight excluding hydrogens is 312 g/mol. The Balaban J connectivity index is 2.65. The highest BCUT2D eigenvalue weighted by Crippen LogP contribution is 2.37. The summed E-state index contributed by atoms with van der Waals surface area (Å²) in [4.78, 5) is 22.6. The largest absolute Gasteiger partial charge is 0.462 e. The van der Waals surface area contributed by atoms with Gasteiger partial charge in [-0.2, -0.15) is 0 Å². The van der Waals surface area contributed by atoms with E-state index in [2.05, 4.69) is 13.2 Å². The lowest BCUT2D eigenvalue weighted by atomic mass is 9.84. The van der Waals surface area contributed by atoms with E-state index in [1.165, 1.54) is 0 Å². The van der Waals surface area contributed by atoms with Gasteiger partial charge in [-0.05, 0) is 12.8 Å². The van der Waals surface area contributed by atoms with Crippen LogP contribution in [-0.4, -0.2) is 44.7 Å². The standard InChI is InChI=1S/C18H28O6/c1-6-14(19)21-10-17(5,8-3)16-23-12-18(9-4,13-24-16)11-22-15(20)7-2/h6-7,16H,1-2,8-13H2,3-5H3. The predicted molar refractivity (Wildman–Crippen MR) is 89.1 cm³/mol. The lowest BCUT2D eigenvalue weighted by Gasteiger charge is -2.44. The zero-order chi connectivity index (χ0) is 18.2. The molecule has 6 heteroatoms. The lowest BCUT2D eigenvalue weighted by Crippen LogP contribution is -2.51. The predicted octanol–water partition coefficient (Wildman–Crippen LogP) is 2.63. The number of carbonyl (C=O) groups is 2. The Hall–Kier alpha value is -1.66. The van der Waals surface area contributed by atoms with Gasteiger partial charge in [-0.25, -0.2) is 9.59 Å². The molecule has 6 nitrogen and oxygen atoms in total. The highest BCUT2D eigenvalue weighted by atomic mass is 16.7. The van der Waals surface area contributed by atoms with Gasteiger partial charge in [-0.3, -0.25) is 0 Å². The summed E-state index contributed by atoms with van der Waals surface area (Å²) < 4.78 is 22.2. The Morgan fingerprint density at radius 1 is 1.17 bits per heavy atom. The molecule has 0 spiro atoms. The van der Waals surface area contributed by atoms with E-state index in [0.29, 0.717) is 19.6 Å². The minimum atomic E-state index is -0.491. The monoisotopic (exact) mass is 340 g/mol. The van der Waals surface area contributed by atoms with Crippen molar-refractivity contribution in [3.63, 3.8) is 0 Å². The smallest absolute Gasteiger partial charge is 0.330 e. The van der Waals surface area contributed by atoms with Crippen LogP contribution in [0.4, 0.5) is 0 Å². The summed E-state index contributed by atoms with van der Waals surface area (Å²) in [5.74, 6) is -0.926. The van der Waals surface area contributed by atoms with Crippen molar-refractivity contribution < 1.29 is 28.5 Å². The second-order valence-electron chi connectivity index (χ2n) is 6.44. The van der Waals surface area contributed by atoms with Crippen molar-refractivity contribution in [2.24, 2.45) is 10.8 Å².